The van der Waals surface area contributed by atoms with Crippen LogP contribution in [0.3, 0.4) is 0 Å². The Morgan fingerprint density at radius 3 is 2.71 bits per heavy atom. The summed E-state index contributed by atoms with van der Waals surface area (Å²) in [6, 6.07) is 8.41. The van der Waals surface area contributed by atoms with E-state index in [-0.39, 0.29) is 47.7 Å². The molecule has 0 bridgehead atoms. The minimum absolute atomic E-state index is 0. The average molecular weight is 542 g/mol. The van der Waals surface area contributed by atoms with Gasteiger partial charge in [-0.15, -0.1) is 24.0 Å². The van der Waals surface area contributed by atoms with Crippen LogP contribution in [0.25, 0.3) is 5.69 Å². The Morgan fingerprint density at radius 2 is 2.03 bits per heavy atom. The molecule has 1 atom stereocenters. The number of aliphatic imine (C=N–C) groups is 1. The van der Waals surface area contributed by atoms with Crippen LogP contribution in [-0.4, -0.2) is 58.8 Å². The van der Waals surface area contributed by atoms with Gasteiger partial charge in [0, 0.05) is 50.8 Å². The molecule has 2 aromatic rings. The summed E-state index contributed by atoms with van der Waals surface area (Å²) in [4.78, 5) is 18.8. The molecule has 0 spiro atoms. The molecule has 7 nitrogen and oxygen atoms in total. The summed E-state index contributed by atoms with van der Waals surface area (Å²) < 4.78 is 14.8. The number of aromatic nitrogens is 2. The molecular formula is C22H32FIN6O. The van der Waals surface area contributed by atoms with E-state index >= 15 is 0 Å². The molecule has 1 saturated heterocycles. The number of amides is 1. The van der Waals surface area contributed by atoms with Gasteiger partial charge in [0.15, 0.2) is 5.96 Å². The predicted octanol–water partition coefficient (Wildman–Crippen LogP) is 2.98. The number of benzene rings is 1. The summed E-state index contributed by atoms with van der Waals surface area (Å²) >= 11 is 0. The van der Waals surface area contributed by atoms with Crippen LogP contribution in [0.2, 0.25) is 0 Å². The fraction of sp³-hybridized carbons (Fsp3) is 0.500. The van der Waals surface area contributed by atoms with Crippen molar-refractivity contribution < 1.29 is 9.18 Å². The van der Waals surface area contributed by atoms with E-state index in [4.69, 9.17) is 0 Å². The van der Waals surface area contributed by atoms with Crippen molar-refractivity contribution in [2.45, 2.75) is 39.7 Å². The summed E-state index contributed by atoms with van der Waals surface area (Å²) in [5.74, 6) is 0.737. The van der Waals surface area contributed by atoms with Crippen LogP contribution >= 0.6 is 24.0 Å². The van der Waals surface area contributed by atoms with Gasteiger partial charge in [-0.25, -0.2) is 9.07 Å². The fourth-order valence-corrected chi connectivity index (χ4v) is 3.47. The van der Waals surface area contributed by atoms with E-state index in [0.29, 0.717) is 19.5 Å². The van der Waals surface area contributed by atoms with Crippen molar-refractivity contribution in [1.29, 1.82) is 0 Å². The highest BCUT2D eigenvalue weighted by molar-refractivity contribution is 14.0. The van der Waals surface area contributed by atoms with Crippen LogP contribution in [0.1, 0.15) is 32.9 Å². The van der Waals surface area contributed by atoms with Gasteiger partial charge in [0.25, 0.3) is 0 Å². The molecule has 1 fully saturated rings. The maximum atomic E-state index is 13.1. The van der Waals surface area contributed by atoms with Gasteiger partial charge in [0.1, 0.15) is 5.82 Å². The first-order chi connectivity index (χ1) is 14.5. The predicted molar refractivity (Wildman–Crippen MR) is 132 cm³/mol. The zero-order chi connectivity index (χ0) is 21.5. The van der Waals surface area contributed by atoms with Crippen molar-refractivity contribution in [3.63, 3.8) is 0 Å². The molecule has 1 aromatic heterocycles. The van der Waals surface area contributed by atoms with E-state index < -0.39 is 0 Å². The van der Waals surface area contributed by atoms with Crippen LogP contribution in [-0.2, 0) is 11.2 Å². The number of nitrogens with one attached hydrogen (secondary N) is 2. The Hall–Kier alpha value is -2.17. The number of halogens is 2. The van der Waals surface area contributed by atoms with E-state index in [9.17, 15) is 9.18 Å². The van der Waals surface area contributed by atoms with Crippen LogP contribution in [0.15, 0.2) is 41.5 Å². The number of hydrogen-bond donors (Lipinski definition) is 2. The molecule has 31 heavy (non-hydrogen) atoms. The smallest absolute Gasteiger partial charge is 0.225 e. The first kappa shape index (κ1) is 25.1. The Kier molecular flexibility index (Phi) is 9.73. The van der Waals surface area contributed by atoms with Gasteiger partial charge < -0.3 is 15.5 Å². The zero-order valence-corrected chi connectivity index (χ0v) is 20.7. The van der Waals surface area contributed by atoms with Crippen LogP contribution in [0.5, 0.6) is 0 Å². The second kappa shape index (κ2) is 12.0. The number of rotatable bonds is 7. The lowest BCUT2D eigenvalue weighted by molar-refractivity contribution is -0.133. The van der Waals surface area contributed by atoms with Gasteiger partial charge >= 0.3 is 0 Å². The van der Waals surface area contributed by atoms with Crippen LogP contribution in [0.4, 0.5) is 4.39 Å². The second-order valence-corrected chi connectivity index (χ2v) is 7.81. The molecule has 0 aliphatic carbocycles. The first-order valence-corrected chi connectivity index (χ1v) is 10.6. The van der Waals surface area contributed by atoms with Crippen molar-refractivity contribution in [2.24, 2.45) is 10.9 Å². The molecule has 1 aliphatic rings. The number of nitrogens with zero attached hydrogens (tertiary/aromatic N) is 4. The van der Waals surface area contributed by atoms with Gasteiger partial charge in [-0.2, -0.15) is 5.10 Å². The van der Waals surface area contributed by atoms with Crippen molar-refractivity contribution in [2.75, 3.05) is 26.2 Å². The van der Waals surface area contributed by atoms with Crippen LogP contribution < -0.4 is 10.6 Å². The van der Waals surface area contributed by atoms with Gasteiger partial charge in [-0.1, -0.05) is 13.8 Å². The molecule has 1 aromatic carbocycles. The number of carbonyl (C=O) groups excluding carboxylic acids is 1. The highest BCUT2D eigenvalue weighted by Gasteiger charge is 2.27. The zero-order valence-electron chi connectivity index (χ0n) is 18.3. The van der Waals surface area contributed by atoms with E-state index in [1.54, 1.807) is 16.8 Å². The van der Waals surface area contributed by atoms with E-state index in [1.165, 1.54) is 12.1 Å². The first-order valence-electron chi connectivity index (χ1n) is 10.6. The summed E-state index contributed by atoms with van der Waals surface area (Å²) in [5.41, 5.74) is 1.75. The van der Waals surface area contributed by atoms with E-state index in [0.717, 1.165) is 36.9 Å². The number of guanidine groups is 1. The summed E-state index contributed by atoms with van der Waals surface area (Å²) in [6.07, 6.45) is 3.49. The highest BCUT2D eigenvalue weighted by atomic mass is 127. The third-order valence-electron chi connectivity index (χ3n) is 5.05. The van der Waals surface area contributed by atoms with Gasteiger partial charge in [-0.3, -0.25) is 9.79 Å². The fourth-order valence-electron chi connectivity index (χ4n) is 3.47. The van der Waals surface area contributed by atoms with Crippen molar-refractivity contribution in [1.82, 2.24) is 25.3 Å². The largest absolute Gasteiger partial charge is 0.357 e. The molecule has 2 heterocycles. The minimum atomic E-state index is -0.261. The third-order valence-corrected chi connectivity index (χ3v) is 5.05. The normalized spacial score (nSPS) is 16.4. The molecular weight excluding hydrogens is 510 g/mol. The Balaban J connectivity index is 0.00000341. The number of hydrogen-bond acceptors (Lipinski definition) is 3. The lowest BCUT2D eigenvalue weighted by Gasteiger charge is -2.20. The number of carbonyl (C=O) groups is 1. The SMILES string of the molecule is CCNC(=NCCc1ccn(-c2ccc(F)cc2)n1)NC1CCN(C(=O)C(C)C)C1.I. The molecule has 1 unspecified atom stereocenters. The molecule has 0 saturated carbocycles. The molecule has 1 amide bonds. The molecule has 1 aliphatic heterocycles. The minimum Gasteiger partial charge on any atom is -0.357 e. The standard InChI is InChI=1S/C22H31FN6O.HI/c1-4-24-22(26-19-10-13-28(15-19)21(30)16(2)3)25-12-9-18-11-14-29(27-18)20-7-5-17(23)6-8-20;/h5-8,11,14,16,19H,4,9-10,12-13,15H2,1-3H3,(H2,24,25,26);1H. The number of likely N-dealkylation sites (tertiary alicyclic amines) is 1. The van der Waals surface area contributed by atoms with Crippen molar-refractivity contribution >= 4 is 35.8 Å². The quantitative estimate of drug-likeness (QED) is 0.321. The summed E-state index contributed by atoms with van der Waals surface area (Å²) in [6.45, 7) is 8.77. The Bertz CT molecular complexity index is 867. The highest BCUT2D eigenvalue weighted by Crippen LogP contribution is 2.13. The van der Waals surface area contributed by atoms with Crippen LogP contribution in [0, 0.1) is 11.7 Å². The lowest BCUT2D eigenvalue weighted by atomic mass is 10.2. The lowest BCUT2D eigenvalue weighted by Crippen LogP contribution is -2.45. The molecule has 3 rings (SSSR count). The topological polar surface area (TPSA) is 74.6 Å². The monoisotopic (exact) mass is 542 g/mol. The average Bonchev–Trinajstić information content (AvgIpc) is 3.38. The summed E-state index contributed by atoms with van der Waals surface area (Å²) in [5, 5.41) is 11.3. The van der Waals surface area contributed by atoms with Gasteiger partial charge in [0.2, 0.25) is 5.91 Å². The second-order valence-electron chi connectivity index (χ2n) is 7.81. The van der Waals surface area contributed by atoms with Gasteiger partial charge in [0.05, 0.1) is 11.4 Å². The Morgan fingerprint density at radius 1 is 1.29 bits per heavy atom. The molecule has 0 radical (unpaired) electrons. The van der Waals surface area contributed by atoms with E-state index in [2.05, 4.69) is 20.7 Å². The molecule has 9 heteroatoms. The Labute approximate surface area is 200 Å². The maximum absolute atomic E-state index is 13.1. The third kappa shape index (κ3) is 7.19. The summed E-state index contributed by atoms with van der Waals surface area (Å²) in [7, 11) is 0. The van der Waals surface area contributed by atoms with E-state index in [1.807, 2.05) is 37.9 Å². The van der Waals surface area contributed by atoms with Crippen molar-refractivity contribution in [3.05, 3.63) is 48.0 Å². The van der Waals surface area contributed by atoms with Crippen molar-refractivity contribution in [3.8, 4) is 5.69 Å². The van der Waals surface area contributed by atoms with Gasteiger partial charge in [-0.05, 0) is 43.7 Å². The molecule has 170 valence electrons. The molecule has 2 N–H and O–H groups in total. The maximum Gasteiger partial charge on any atom is 0.225 e.